The zero-order valence-electron chi connectivity index (χ0n) is 22.6. The van der Waals surface area contributed by atoms with E-state index in [9.17, 15) is 4.79 Å². The van der Waals surface area contributed by atoms with Crippen molar-refractivity contribution in [3.8, 4) is 0 Å². The molecule has 12 heteroatoms. The number of likely N-dealkylation sites (tertiary alicyclic amines) is 1. The Morgan fingerprint density at radius 2 is 1.55 bits per heavy atom. The summed E-state index contributed by atoms with van der Waals surface area (Å²) in [4.78, 5) is 29.3. The quantitative estimate of drug-likeness (QED) is 0.278. The second-order valence-corrected chi connectivity index (χ2v) is 12.3. The van der Waals surface area contributed by atoms with Gasteiger partial charge in [0, 0.05) is 53.0 Å². The molecule has 1 saturated heterocycles. The number of rotatable bonds is 6. The van der Waals surface area contributed by atoms with Gasteiger partial charge in [0.05, 0.1) is 6.33 Å². The van der Waals surface area contributed by atoms with E-state index in [1.54, 1.807) is 18.2 Å². The van der Waals surface area contributed by atoms with Crippen molar-refractivity contribution in [1.82, 2.24) is 24.4 Å². The van der Waals surface area contributed by atoms with Crippen molar-refractivity contribution in [1.29, 1.82) is 0 Å². The van der Waals surface area contributed by atoms with Gasteiger partial charge >= 0.3 is 6.03 Å². The molecule has 0 spiro atoms. The van der Waals surface area contributed by atoms with Gasteiger partial charge in [-0.1, -0.05) is 36.0 Å². The average Bonchev–Trinajstić information content (AvgIpc) is 3.60. The number of amides is 2. The molecule has 2 aliphatic carbocycles. The number of urea groups is 1. The Balaban J connectivity index is 1.15. The van der Waals surface area contributed by atoms with Crippen LogP contribution in [-0.4, -0.2) is 61.7 Å². The number of nitrogens with one attached hydrogen (secondary N) is 3. The van der Waals surface area contributed by atoms with E-state index >= 15 is 0 Å². The maximum atomic E-state index is 12.9. The summed E-state index contributed by atoms with van der Waals surface area (Å²) < 4.78 is 2.24. The average molecular weight is 587 g/mol. The molecule has 40 heavy (non-hydrogen) atoms. The number of fused-ring (bicyclic) bond motifs is 1. The van der Waals surface area contributed by atoms with Crippen molar-refractivity contribution in [3.63, 3.8) is 0 Å². The summed E-state index contributed by atoms with van der Waals surface area (Å²) >= 11 is 12.2. The van der Waals surface area contributed by atoms with Gasteiger partial charge < -0.3 is 31.2 Å². The predicted octanol–water partition coefficient (Wildman–Crippen LogP) is 6.04. The number of benzene rings is 1. The molecule has 3 fully saturated rings. The number of imidazole rings is 1. The molecule has 0 atom stereocenters. The first-order valence-corrected chi connectivity index (χ1v) is 15.2. The van der Waals surface area contributed by atoms with Gasteiger partial charge in [0.2, 0.25) is 5.95 Å². The standard InChI is InChI=1S/C28H37Cl2N9O/c29-17-13-18(30)15-22(14-17)35-28(40)38-11-9-21(10-12-38)33-25-24-26(39(16-32-24)23-3-1-2-4-23)37-27(36-25)34-20-7-5-19(31)6-8-20/h13-16,19-21,23H,1-12,31H2,(H,35,40)(H2,33,34,36,37). The highest BCUT2D eigenvalue weighted by Gasteiger charge is 2.27. The Bertz CT molecular complexity index is 1320. The number of hydrogen-bond acceptors (Lipinski definition) is 7. The van der Waals surface area contributed by atoms with E-state index < -0.39 is 0 Å². The molecular formula is C28H37Cl2N9O. The third kappa shape index (κ3) is 6.24. The molecule has 3 aromatic rings. The van der Waals surface area contributed by atoms with E-state index in [1.807, 2.05) is 11.2 Å². The summed E-state index contributed by atoms with van der Waals surface area (Å²) in [6.07, 6.45) is 12.4. The zero-order valence-corrected chi connectivity index (χ0v) is 24.1. The second-order valence-electron chi connectivity index (χ2n) is 11.4. The number of nitrogens with zero attached hydrogens (tertiary/aromatic N) is 5. The lowest BCUT2D eigenvalue weighted by molar-refractivity contribution is 0.197. The van der Waals surface area contributed by atoms with Crippen LogP contribution in [0.5, 0.6) is 0 Å². The van der Waals surface area contributed by atoms with Gasteiger partial charge in [-0.25, -0.2) is 9.78 Å². The van der Waals surface area contributed by atoms with Crippen LogP contribution in [-0.2, 0) is 0 Å². The van der Waals surface area contributed by atoms with Crippen molar-refractivity contribution in [2.45, 2.75) is 88.4 Å². The van der Waals surface area contributed by atoms with Crippen LogP contribution in [0.2, 0.25) is 10.0 Å². The summed E-state index contributed by atoms with van der Waals surface area (Å²) in [6.45, 7) is 1.24. The van der Waals surface area contributed by atoms with Crippen molar-refractivity contribution < 1.29 is 4.79 Å². The fraction of sp³-hybridized carbons (Fsp3) is 0.571. The second kappa shape index (κ2) is 12.0. The number of aromatic nitrogens is 4. The van der Waals surface area contributed by atoms with Gasteiger partial charge in [-0.2, -0.15) is 9.97 Å². The van der Waals surface area contributed by atoms with Crippen LogP contribution in [0, 0.1) is 0 Å². The van der Waals surface area contributed by atoms with Crippen molar-refractivity contribution in [2.75, 3.05) is 29.0 Å². The SMILES string of the molecule is NC1CCC(Nc2nc(NC3CCN(C(=O)Nc4cc(Cl)cc(Cl)c4)CC3)c3ncn(C4CCCC4)c3n2)CC1. The third-order valence-electron chi connectivity index (χ3n) is 8.48. The molecular weight excluding hydrogens is 549 g/mol. The lowest BCUT2D eigenvalue weighted by Crippen LogP contribution is -2.44. The van der Waals surface area contributed by atoms with Crippen LogP contribution in [0.25, 0.3) is 11.2 Å². The highest BCUT2D eigenvalue weighted by Crippen LogP contribution is 2.34. The highest BCUT2D eigenvalue weighted by molar-refractivity contribution is 6.35. The normalized spacial score (nSPS) is 22.5. The van der Waals surface area contributed by atoms with Gasteiger partial charge in [-0.3, -0.25) is 0 Å². The number of halogens is 2. The lowest BCUT2D eigenvalue weighted by atomic mass is 9.92. The van der Waals surface area contributed by atoms with Crippen molar-refractivity contribution >= 4 is 57.9 Å². The molecule has 3 heterocycles. The Morgan fingerprint density at radius 1 is 0.875 bits per heavy atom. The van der Waals surface area contributed by atoms with E-state index in [4.69, 9.17) is 43.9 Å². The zero-order chi connectivity index (χ0) is 27.6. The Kier molecular flexibility index (Phi) is 8.18. The fourth-order valence-electron chi connectivity index (χ4n) is 6.23. The molecule has 2 saturated carbocycles. The van der Waals surface area contributed by atoms with Gasteiger partial charge in [-0.15, -0.1) is 0 Å². The summed E-state index contributed by atoms with van der Waals surface area (Å²) in [7, 11) is 0. The first-order chi connectivity index (χ1) is 19.4. The maximum Gasteiger partial charge on any atom is 0.321 e. The monoisotopic (exact) mass is 585 g/mol. The summed E-state index contributed by atoms with van der Waals surface area (Å²) in [6, 6.07) is 6.08. The molecule has 3 aliphatic rings. The van der Waals surface area contributed by atoms with Crippen LogP contribution in [0.4, 0.5) is 22.2 Å². The smallest absolute Gasteiger partial charge is 0.321 e. The Hall–Kier alpha value is -2.82. The first-order valence-electron chi connectivity index (χ1n) is 14.5. The van der Waals surface area contributed by atoms with Crippen LogP contribution < -0.4 is 21.7 Å². The van der Waals surface area contributed by atoms with Gasteiger partial charge in [0.15, 0.2) is 17.0 Å². The molecule has 0 bridgehead atoms. The molecule has 2 aromatic heterocycles. The minimum Gasteiger partial charge on any atom is -0.365 e. The lowest BCUT2D eigenvalue weighted by Gasteiger charge is -2.32. The predicted molar refractivity (Wildman–Crippen MR) is 160 cm³/mol. The Labute approximate surface area is 244 Å². The molecule has 1 aliphatic heterocycles. The Morgan fingerprint density at radius 3 is 2.25 bits per heavy atom. The maximum absolute atomic E-state index is 12.9. The molecule has 5 N–H and O–H groups in total. The molecule has 0 unspecified atom stereocenters. The van der Waals surface area contributed by atoms with Crippen LogP contribution in [0.15, 0.2) is 24.5 Å². The minimum absolute atomic E-state index is 0.157. The van der Waals surface area contributed by atoms with E-state index in [-0.39, 0.29) is 12.1 Å². The number of piperidine rings is 1. The minimum atomic E-state index is -0.157. The number of carbonyl (C=O) groups is 1. The van der Waals surface area contributed by atoms with Crippen molar-refractivity contribution in [3.05, 3.63) is 34.6 Å². The molecule has 0 radical (unpaired) electrons. The van der Waals surface area contributed by atoms with Gasteiger partial charge in [0.25, 0.3) is 0 Å². The molecule has 214 valence electrons. The molecule has 6 rings (SSSR count). The third-order valence-corrected chi connectivity index (χ3v) is 8.92. The number of hydrogen-bond donors (Lipinski definition) is 4. The number of carbonyl (C=O) groups excluding carboxylic acids is 1. The first kappa shape index (κ1) is 27.4. The van der Waals surface area contributed by atoms with Crippen LogP contribution in [0.1, 0.15) is 70.3 Å². The summed E-state index contributed by atoms with van der Waals surface area (Å²) in [5, 5.41) is 11.1. The van der Waals surface area contributed by atoms with E-state index in [0.29, 0.717) is 52.9 Å². The van der Waals surface area contributed by atoms with E-state index in [2.05, 4.69) is 20.5 Å². The van der Waals surface area contributed by atoms with E-state index in [1.165, 1.54) is 12.8 Å². The van der Waals surface area contributed by atoms with Gasteiger partial charge in [-0.05, 0) is 69.6 Å². The van der Waals surface area contributed by atoms with Crippen LogP contribution >= 0.6 is 23.2 Å². The van der Waals surface area contributed by atoms with E-state index in [0.717, 1.165) is 68.3 Å². The topological polar surface area (TPSA) is 126 Å². The molecule has 1 aromatic carbocycles. The summed E-state index contributed by atoms with van der Waals surface area (Å²) in [5.41, 5.74) is 8.41. The molecule has 10 nitrogen and oxygen atoms in total. The molecule has 2 amide bonds. The largest absolute Gasteiger partial charge is 0.365 e. The number of nitrogens with two attached hydrogens (primary N) is 1. The summed E-state index contributed by atoms with van der Waals surface area (Å²) in [5.74, 6) is 1.40. The highest BCUT2D eigenvalue weighted by atomic mass is 35.5. The fourth-order valence-corrected chi connectivity index (χ4v) is 6.75. The van der Waals surface area contributed by atoms with Gasteiger partial charge in [0.1, 0.15) is 0 Å². The van der Waals surface area contributed by atoms with Crippen molar-refractivity contribution in [2.24, 2.45) is 5.73 Å². The number of anilines is 3. The van der Waals surface area contributed by atoms with Crippen LogP contribution in [0.3, 0.4) is 0 Å².